The van der Waals surface area contributed by atoms with Gasteiger partial charge in [-0.1, -0.05) is 29.8 Å². The van der Waals surface area contributed by atoms with E-state index in [9.17, 15) is 0 Å². The van der Waals surface area contributed by atoms with Gasteiger partial charge < -0.3 is 5.73 Å². The van der Waals surface area contributed by atoms with Gasteiger partial charge in [0.05, 0.1) is 6.04 Å². The lowest BCUT2D eigenvalue weighted by molar-refractivity contribution is 0.892. The van der Waals surface area contributed by atoms with Crippen LogP contribution in [0.4, 0.5) is 0 Å². The van der Waals surface area contributed by atoms with Gasteiger partial charge in [-0.3, -0.25) is 0 Å². The normalized spacial score (nSPS) is 12.8. The molecule has 3 heteroatoms. The van der Waals surface area contributed by atoms with Gasteiger partial charge in [-0.25, -0.2) is 0 Å². The van der Waals surface area contributed by atoms with Crippen LogP contribution in [-0.4, -0.2) is 0 Å². The van der Waals surface area contributed by atoms with Crippen molar-refractivity contribution in [2.75, 3.05) is 0 Å². The number of halogens is 1. The minimum atomic E-state index is -0.119. The third-order valence-corrected chi connectivity index (χ3v) is 4.22. The van der Waals surface area contributed by atoms with E-state index >= 15 is 0 Å². The number of thiophene rings is 1. The van der Waals surface area contributed by atoms with Gasteiger partial charge in [0.15, 0.2) is 0 Å². The third-order valence-electron chi connectivity index (χ3n) is 2.62. The molecule has 1 aromatic carbocycles. The largest absolute Gasteiger partial charge is 0.320 e. The molecule has 0 aliphatic carbocycles. The molecule has 2 aromatic rings. The van der Waals surface area contributed by atoms with E-state index in [1.165, 1.54) is 4.88 Å². The topological polar surface area (TPSA) is 26.0 Å². The van der Waals surface area contributed by atoms with Crippen molar-refractivity contribution in [1.29, 1.82) is 0 Å². The first-order chi connectivity index (χ1) is 7.59. The first-order valence-electron chi connectivity index (χ1n) is 5.16. The molecule has 84 valence electrons. The van der Waals surface area contributed by atoms with E-state index in [1.807, 2.05) is 25.1 Å². The maximum absolute atomic E-state index is 6.27. The van der Waals surface area contributed by atoms with Crippen molar-refractivity contribution in [2.24, 2.45) is 5.73 Å². The van der Waals surface area contributed by atoms with Crippen LogP contribution in [0.1, 0.15) is 26.9 Å². The van der Waals surface area contributed by atoms with Gasteiger partial charge in [0.1, 0.15) is 0 Å². The summed E-state index contributed by atoms with van der Waals surface area (Å²) in [4.78, 5) is 2.43. The molecule has 0 aliphatic rings. The summed E-state index contributed by atoms with van der Waals surface area (Å²) in [5, 5.41) is 0.779. The van der Waals surface area contributed by atoms with E-state index in [2.05, 4.69) is 19.1 Å². The SMILES string of the molecule is Cc1ccc(C(N)c2cccc(C)c2Cl)s1. The molecule has 0 saturated carbocycles. The standard InChI is InChI=1S/C13H14ClNS/c1-8-4-3-5-10(12(8)14)13(15)11-7-6-9(2)16-11/h3-7,13H,15H2,1-2H3. The molecule has 0 saturated heterocycles. The summed E-state index contributed by atoms with van der Waals surface area (Å²) in [6.45, 7) is 4.08. The van der Waals surface area contributed by atoms with Crippen molar-refractivity contribution in [2.45, 2.75) is 19.9 Å². The number of aryl methyl sites for hydroxylation is 2. The van der Waals surface area contributed by atoms with E-state index in [0.29, 0.717) is 0 Å². The van der Waals surface area contributed by atoms with Crippen LogP contribution in [0, 0.1) is 13.8 Å². The van der Waals surface area contributed by atoms with E-state index in [-0.39, 0.29) is 6.04 Å². The van der Waals surface area contributed by atoms with Gasteiger partial charge in [0.2, 0.25) is 0 Å². The van der Waals surface area contributed by atoms with Crippen LogP contribution in [0.3, 0.4) is 0 Å². The molecule has 0 spiro atoms. The van der Waals surface area contributed by atoms with E-state index in [1.54, 1.807) is 11.3 Å². The Morgan fingerprint density at radius 2 is 1.94 bits per heavy atom. The number of hydrogen-bond donors (Lipinski definition) is 1. The average Bonchev–Trinajstić information content (AvgIpc) is 2.68. The fourth-order valence-corrected chi connectivity index (χ4v) is 2.83. The zero-order valence-corrected chi connectivity index (χ0v) is 10.9. The second-order valence-electron chi connectivity index (χ2n) is 3.90. The number of hydrogen-bond acceptors (Lipinski definition) is 2. The number of nitrogens with two attached hydrogens (primary N) is 1. The highest BCUT2D eigenvalue weighted by atomic mass is 35.5. The van der Waals surface area contributed by atoms with Gasteiger partial charge in [0, 0.05) is 14.8 Å². The molecule has 1 atom stereocenters. The lowest BCUT2D eigenvalue weighted by Gasteiger charge is -2.13. The first kappa shape index (κ1) is 11.6. The molecule has 0 amide bonds. The molecule has 1 heterocycles. The summed E-state index contributed by atoms with van der Waals surface area (Å²) in [6, 6.07) is 10.0. The molecule has 16 heavy (non-hydrogen) atoms. The van der Waals surface area contributed by atoms with Crippen LogP contribution < -0.4 is 5.73 Å². The Morgan fingerprint density at radius 1 is 1.19 bits per heavy atom. The quantitative estimate of drug-likeness (QED) is 0.856. The minimum Gasteiger partial charge on any atom is -0.320 e. The molecule has 0 fully saturated rings. The van der Waals surface area contributed by atoms with Gasteiger partial charge in [-0.15, -0.1) is 11.3 Å². The van der Waals surface area contributed by atoms with Crippen molar-refractivity contribution in [3.8, 4) is 0 Å². The molecule has 2 N–H and O–H groups in total. The first-order valence-corrected chi connectivity index (χ1v) is 6.36. The maximum Gasteiger partial charge on any atom is 0.0660 e. The lowest BCUT2D eigenvalue weighted by atomic mass is 10.0. The summed E-state index contributed by atoms with van der Waals surface area (Å²) in [5.41, 5.74) is 8.30. The highest BCUT2D eigenvalue weighted by Crippen LogP contribution is 2.31. The van der Waals surface area contributed by atoms with E-state index < -0.39 is 0 Å². The summed E-state index contributed by atoms with van der Waals surface area (Å²) in [5.74, 6) is 0. The van der Waals surface area contributed by atoms with Crippen LogP contribution >= 0.6 is 22.9 Å². The van der Waals surface area contributed by atoms with Crippen LogP contribution in [0.5, 0.6) is 0 Å². The molecular formula is C13H14ClNS. The van der Waals surface area contributed by atoms with Gasteiger partial charge in [0.25, 0.3) is 0 Å². The fraction of sp³-hybridized carbons (Fsp3) is 0.231. The van der Waals surface area contributed by atoms with Gasteiger partial charge >= 0.3 is 0 Å². The fourth-order valence-electron chi connectivity index (χ4n) is 1.68. The van der Waals surface area contributed by atoms with Gasteiger partial charge in [-0.05, 0) is 37.1 Å². The van der Waals surface area contributed by atoms with Crippen molar-refractivity contribution in [3.05, 3.63) is 56.2 Å². The zero-order valence-electron chi connectivity index (χ0n) is 9.33. The summed E-state index contributed by atoms with van der Waals surface area (Å²) in [6.07, 6.45) is 0. The smallest absolute Gasteiger partial charge is 0.0660 e. The predicted octanol–water partition coefficient (Wildman–Crippen LogP) is 4.07. The molecule has 1 aromatic heterocycles. The molecule has 1 unspecified atom stereocenters. The van der Waals surface area contributed by atoms with Gasteiger partial charge in [-0.2, -0.15) is 0 Å². The monoisotopic (exact) mass is 251 g/mol. The predicted molar refractivity (Wildman–Crippen MR) is 71.3 cm³/mol. The van der Waals surface area contributed by atoms with Crippen LogP contribution in [0.15, 0.2) is 30.3 Å². The van der Waals surface area contributed by atoms with Crippen molar-refractivity contribution < 1.29 is 0 Å². The Hall–Kier alpha value is -0.830. The zero-order chi connectivity index (χ0) is 11.7. The molecule has 0 radical (unpaired) electrons. The average molecular weight is 252 g/mol. The number of rotatable bonds is 2. The second-order valence-corrected chi connectivity index (χ2v) is 5.60. The van der Waals surface area contributed by atoms with Crippen LogP contribution in [0.25, 0.3) is 0 Å². The van der Waals surface area contributed by atoms with Crippen molar-refractivity contribution in [1.82, 2.24) is 0 Å². The lowest BCUT2D eigenvalue weighted by Crippen LogP contribution is -2.11. The van der Waals surface area contributed by atoms with Crippen LogP contribution in [0.2, 0.25) is 5.02 Å². The summed E-state index contributed by atoms with van der Waals surface area (Å²) < 4.78 is 0. The Labute approximate surface area is 105 Å². The number of benzene rings is 1. The molecular weight excluding hydrogens is 238 g/mol. The summed E-state index contributed by atoms with van der Waals surface area (Å²) in [7, 11) is 0. The molecule has 2 rings (SSSR count). The van der Waals surface area contributed by atoms with E-state index in [0.717, 1.165) is 21.0 Å². The highest BCUT2D eigenvalue weighted by molar-refractivity contribution is 7.12. The summed E-state index contributed by atoms with van der Waals surface area (Å²) >= 11 is 7.99. The van der Waals surface area contributed by atoms with Crippen molar-refractivity contribution in [3.63, 3.8) is 0 Å². The molecule has 1 nitrogen and oxygen atoms in total. The maximum atomic E-state index is 6.27. The Morgan fingerprint density at radius 3 is 2.56 bits per heavy atom. The molecule has 0 bridgehead atoms. The third kappa shape index (κ3) is 2.14. The second kappa shape index (κ2) is 4.58. The Balaban J connectivity index is 2.41. The Kier molecular flexibility index (Phi) is 3.33. The van der Waals surface area contributed by atoms with Crippen LogP contribution in [-0.2, 0) is 0 Å². The van der Waals surface area contributed by atoms with Crippen molar-refractivity contribution >= 4 is 22.9 Å². The minimum absolute atomic E-state index is 0.119. The van der Waals surface area contributed by atoms with E-state index in [4.69, 9.17) is 17.3 Å². The Bertz CT molecular complexity index is 504. The highest BCUT2D eigenvalue weighted by Gasteiger charge is 2.14. The molecule has 0 aliphatic heterocycles.